The normalized spacial score (nSPS) is 26.4. The number of aliphatic hydroxyl groups excluding tert-OH is 3. The monoisotopic (exact) mass is 527 g/mol. The lowest BCUT2D eigenvalue weighted by Crippen LogP contribution is -2.52. The molecule has 1 saturated heterocycles. The molecule has 202 valence electrons. The second-order valence-electron chi connectivity index (χ2n) is 10.5. The van der Waals surface area contributed by atoms with Crippen LogP contribution in [0.25, 0.3) is 0 Å². The van der Waals surface area contributed by atoms with E-state index in [0.29, 0.717) is 0 Å². The third-order valence-corrected chi connectivity index (χ3v) is 8.69. The van der Waals surface area contributed by atoms with Gasteiger partial charge in [0.05, 0.1) is 0 Å². The van der Waals surface area contributed by atoms with E-state index in [4.69, 9.17) is 4.74 Å². The van der Waals surface area contributed by atoms with Gasteiger partial charge in [-0.05, 0) is 79.5 Å². The topological polar surface area (TPSA) is 99.0 Å². The number of carbonyl (C=O) groups is 1. The smallest absolute Gasteiger partial charge is 0.223 e. The number of thioether (sulfide) groups is 1. The zero-order valence-corrected chi connectivity index (χ0v) is 22.8. The zero-order chi connectivity index (χ0) is 26.4. The van der Waals surface area contributed by atoms with Gasteiger partial charge in [-0.15, -0.1) is 11.8 Å². The summed E-state index contributed by atoms with van der Waals surface area (Å²) in [7, 11) is 0. The molecular formula is C30H41NO5S. The Balaban J connectivity index is 1.29. The number of unbranched alkanes of at least 4 members (excludes halogenated alkanes) is 1. The van der Waals surface area contributed by atoms with Gasteiger partial charge in [0.25, 0.3) is 0 Å². The number of benzene rings is 2. The SMILES string of the molecule is CS[C@H]1O[C@@H](c2ccc(C)c(Cc3ccc(CCCCNC(=O)C4CCCC4)cc3)c2)[C@H](O)[C@@H](O)[C@@H]1O. The van der Waals surface area contributed by atoms with E-state index in [1.807, 2.05) is 24.5 Å². The third-order valence-electron chi connectivity index (χ3n) is 7.84. The number of hydrogen-bond acceptors (Lipinski definition) is 6. The van der Waals surface area contributed by atoms with Crippen molar-refractivity contribution in [1.82, 2.24) is 5.32 Å². The number of aryl methyl sites for hydroxylation is 2. The van der Waals surface area contributed by atoms with E-state index in [0.717, 1.165) is 61.8 Å². The molecule has 0 aromatic heterocycles. The van der Waals surface area contributed by atoms with Gasteiger partial charge in [0.1, 0.15) is 29.9 Å². The molecule has 0 radical (unpaired) electrons. The molecule has 1 saturated carbocycles. The van der Waals surface area contributed by atoms with Gasteiger partial charge in [-0.3, -0.25) is 4.79 Å². The highest BCUT2D eigenvalue weighted by molar-refractivity contribution is 7.99. The molecular weight excluding hydrogens is 486 g/mol. The van der Waals surface area contributed by atoms with Crippen LogP contribution >= 0.6 is 11.8 Å². The fraction of sp³-hybridized carbons (Fsp3) is 0.567. The van der Waals surface area contributed by atoms with Crippen molar-refractivity contribution >= 4 is 17.7 Å². The van der Waals surface area contributed by atoms with Gasteiger partial charge < -0.3 is 25.4 Å². The van der Waals surface area contributed by atoms with Crippen LogP contribution in [-0.2, 0) is 22.4 Å². The maximum absolute atomic E-state index is 12.1. The number of ether oxygens (including phenoxy) is 1. The molecule has 2 aromatic rings. The Morgan fingerprint density at radius 1 is 0.973 bits per heavy atom. The quantitative estimate of drug-likeness (QED) is 0.348. The molecule has 6 nitrogen and oxygen atoms in total. The lowest BCUT2D eigenvalue weighted by Gasteiger charge is -2.40. The summed E-state index contributed by atoms with van der Waals surface area (Å²) in [6, 6.07) is 14.7. The standard InChI is InChI=1S/C30H41NO5S/c1-19-10-15-23(28-26(33)25(32)27(34)30(36-28)37-2)18-24(19)17-21-13-11-20(12-14-21)7-5-6-16-31-29(35)22-8-3-4-9-22/h10-15,18,22,25-28,30,32-34H,3-9,16-17H2,1-2H3,(H,31,35)/t25-,26-,27+,28+,30-/m1/s1. The molecule has 0 unspecified atom stereocenters. The van der Waals surface area contributed by atoms with Crippen LogP contribution in [0.3, 0.4) is 0 Å². The maximum atomic E-state index is 12.1. The van der Waals surface area contributed by atoms with Gasteiger partial charge in [-0.25, -0.2) is 0 Å². The van der Waals surface area contributed by atoms with Gasteiger partial charge in [0, 0.05) is 12.5 Å². The van der Waals surface area contributed by atoms with Crippen LogP contribution < -0.4 is 5.32 Å². The number of carbonyl (C=O) groups excluding carboxylic acids is 1. The molecule has 1 aliphatic heterocycles. The molecule has 37 heavy (non-hydrogen) atoms. The van der Waals surface area contributed by atoms with Crippen LogP contribution in [0.2, 0.25) is 0 Å². The third kappa shape index (κ3) is 7.15. The summed E-state index contributed by atoms with van der Waals surface area (Å²) < 4.78 is 5.95. The summed E-state index contributed by atoms with van der Waals surface area (Å²) in [5.41, 5.74) is 5.00. The van der Waals surface area contributed by atoms with E-state index in [1.165, 1.54) is 35.7 Å². The summed E-state index contributed by atoms with van der Waals surface area (Å²) in [6.45, 7) is 2.83. The van der Waals surface area contributed by atoms with Crippen LogP contribution in [0, 0.1) is 12.8 Å². The summed E-state index contributed by atoms with van der Waals surface area (Å²) in [5.74, 6) is 0.479. The Hall–Kier alpha value is -1.90. The molecule has 2 fully saturated rings. The van der Waals surface area contributed by atoms with E-state index in [9.17, 15) is 20.1 Å². The average Bonchev–Trinajstić information content (AvgIpc) is 3.45. The summed E-state index contributed by atoms with van der Waals surface area (Å²) in [6.07, 6.45) is 5.81. The molecule has 5 atom stereocenters. The van der Waals surface area contributed by atoms with Crippen molar-refractivity contribution in [3.05, 3.63) is 70.3 Å². The highest BCUT2D eigenvalue weighted by Crippen LogP contribution is 2.36. The molecule has 0 spiro atoms. The first-order valence-electron chi connectivity index (χ1n) is 13.5. The van der Waals surface area contributed by atoms with Crippen molar-refractivity contribution in [2.75, 3.05) is 12.8 Å². The Morgan fingerprint density at radius 2 is 1.68 bits per heavy atom. The van der Waals surface area contributed by atoms with Crippen molar-refractivity contribution < 1.29 is 24.9 Å². The van der Waals surface area contributed by atoms with Crippen LogP contribution in [0.15, 0.2) is 42.5 Å². The first kappa shape index (κ1) is 28.1. The second-order valence-corrected chi connectivity index (χ2v) is 11.5. The van der Waals surface area contributed by atoms with Crippen LogP contribution in [0.5, 0.6) is 0 Å². The molecule has 7 heteroatoms. The summed E-state index contributed by atoms with van der Waals surface area (Å²) in [5, 5.41) is 34.1. The van der Waals surface area contributed by atoms with E-state index >= 15 is 0 Å². The predicted molar refractivity (Wildman–Crippen MR) is 147 cm³/mol. The van der Waals surface area contributed by atoms with Crippen molar-refractivity contribution in [2.24, 2.45) is 5.92 Å². The molecule has 2 aliphatic rings. The lowest BCUT2D eigenvalue weighted by molar-refractivity contribution is -0.200. The van der Waals surface area contributed by atoms with Crippen LogP contribution in [-0.4, -0.2) is 57.8 Å². The summed E-state index contributed by atoms with van der Waals surface area (Å²) >= 11 is 1.32. The minimum Gasteiger partial charge on any atom is -0.387 e. The largest absolute Gasteiger partial charge is 0.387 e. The second kappa shape index (κ2) is 13.3. The number of rotatable bonds is 10. The van der Waals surface area contributed by atoms with Crippen molar-refractivity contribution in [3.63, 3.8) is 0 Å². The first-order valence-corrected chi connectivity index (χ1v) is 14.8. The van der Waals surface area contributed by atoms with Crippen molar-refractivity contribution in [3.8, 4) is 0 Å². The van der Waals surface area contributed by atoms with E-state index in [-0.39, 0.29) is 11.8 Å². The number of nitrogens with one attached hydrogen (secondary N) is 1. The Morgan fingerprint density at radius 3 is 2.38 bits per heavy atom. The molecule has 1 amide bonds. The van der Waals surface area contributed by atoms with Crippen molar-refractivity contribution in [1.29, 1.82) is 0 Å². The minimum atomic E-state index is -1.25. The van der Waals surface area contributed by atoms with E-state index in [1.54, 1.807) is 0 Å². The van der Waals surface area contributed by atoms with E-state index in [2.05, 4.69) is 36.5 Å². The molecule has 1 heterocycles. The highest BCUT2D eigenvalue weighted by atomic mass is 32.2. The first-order chi connectivity index (χ1) is 17.9. The minimum absolute atomic E-state index is 0.239. The Kier molecular flexibility index (Phi) is 10.1. The fourth-order valence-electron chi connectivity index (χ4n) is 5.42. The molecule has 4 N–H and O–H groups in total. The number of aliphatic hydroxyl groups is 3. The van der Waals surface area contributed by atoms with Gasteiger partial charge in [-0.1, -0.05) is 55.3 Å². The van der Waals surface area contributed by atoms with Gasteiger partial charge in [0.15, 0.2) is 0 Å². The fourth-order valence-corrected chi connectivity index (χ4v) is 6.09. The van der Waals surface area contributed by atoms with E-state index < -0.39 is 29.9 Å². The zero-order valence-electron chi connectivity index (χ0n) is 21.9. The van der Waals surface area contributed by atoms with Crippen molar-refractivity contribution in [2.45, 2.75) is 88.1 Å². The van der Waals surface area contributed by atoms with Gasteiger partial charge in [-0.2, -0.15) is 0 Å². The number of amides is 1. The highest BCUT2D eigenvalue weighted by Gasteiger charge is 2.44. The Bertz CT molecular complexity index is 1020. The predicted octanol–water partition coefficient (Wildman–Crippen LogP) is 4.06. The maximum Gasteiger partial charge on any atom is 0.223 e. The molecule has 4 rings (SSSR count). The van der Waals surface area contributed by atoms with Gasteiger partial charge >= 0.3 is 0 Å². The van der Waals surface area contributed by atoms with Gasteiger partial charge in [0.2, 0.25) is 5.91 Å². The molecule has 0 bridgehead atoms. The lowest BCUT2D eigenvalue weighted by atomic mass is 9.91. The molecule has 2 aromatic carbocycles. The molecule has 1 aliphatic carbocycles. The summed E-state index contributed by atoms with van der Waals surface area (Å²) in [4.78, 5) is 12.1. The average molecular weight is 528 g/mol. The van der Waals surface area contributed by atoms with Crippen LogP contribution in [0.1, 0.15) is 72.4 Å². The number of hydrogen-bond donors (Lipinski definition) is 4. The van der Waals surface area contributed by atoms with Crippen LogP contribution in [0.4, 0.5) is 0 Å². The Labute approximate surface area is 224 Å².